The third-order valence-corrected chi connectivity index (χ3v) is 7.36. The third kappa shape index (κ3) is 2.82. The van der Waals surface area contributed by atoms with Crippen molar-refractivity contribution in [3.05, 3.63) is 29.8 Å². The molecule has 1 unspecified atom stereocenters. The Bertz CT molecular complexity index is 773. The summed E-state index contributed by atoms with van der Waals surface area (Å²) in [4.78, 5) is 25.6. The molecule has 0 N–H and O–H groups in total. The Morgan fingerprint density at radius 2 is 1.75 bits per heavy atom. The molecule has 0 aromatic heterocycles. The summed E-state index contributed by atoms with van der Waals surface area (Å²) in [6, 6.07) is 7.85. The van der Waals surface area contributed by atoms with Crippen LogP contribution in [0.25, 0.3) is 0 Å². The van der Waals surface area contributed by atoms with E-state index >= 15 is 0 Å². The molecule has 28 heavy (non-hydrogen) atoms. The summed E-state index contributed by atoms with van der Waals surface area (Å²) < 4.78 is 16.7. The molecule has 1 heterocycles. The lowest BCUT2D eigenvalue weighted by atomic mass is 9.66. The lowest BCUT2D eigenvalue weighted by Crippen LogP contribution is -2.49. The summed E-state index contributed by atoms with van der Waals surface area (Å²) in [5.74, 6) is 0.0852. The topological polar surface area (TPSA) is 61.8 Å². The van der Waals surface area contributed by atoms with Crippen molar-refractivity contribution >= 4 is 11.9 Å². The van der Waals surface area contributed by atoms with Gasteiger partial charge in [-0.3, -0.25) is 4.79 Å². The van der Waals surface area contributed by atoms with Crippen LogP contribution in [-0.2, 0) is 19.1 Å². The summed E-state index contributed by atoms with van der Waals surface area (Å²) in [5.41, 5.74) is -1.44. The number of rotatable bonds is 5. The highest BCUT2D eigenvalue weighted by Gasteiger charge is 2.76. The van der Waals surface area contributed by atoms with E-state index in [-0.39, 0.29) is 23.9 Å². The molecular formula is C23H32O5. The molecule has 2 aliphatic rings. The van der Waals surface area contributed by atoms with Gasteiger partial charge in [-0.05, 0) is 42.9 Å². The SMILES string of the molecule is COc1ccc(C(COC(=O)[C@@]23CC[C@@](C)(C(=O)O2)C3(C)C)C(C)(C)C)cc1. The van der Waals surface area contributed by atoms with E-state index in [2.05, 4.69) is 20.8 Å². The average molecular weight is 389 g/mol. The molecule has 1 aromatic rings. The quantitative estimate of drug-likeness (QED) is 0.696. The molecule has 154 valence electrons. The summed E-state index contributed by atoms with van der Waals surface area (Å²) in [6.45, 7) is 12.4. The summed E-state index contributed by atoms with van der Waals surface area (Å²) >= 11 is 0. The summed E-state index contributed by atoms with van der Waals surface area (Å²) in [5, 5.41) is 0. The smallest absolute Gasteiger partial charge is 0.351 e. The Hall–Kier alpha value is -2.04. The van der Waals surface area contributed by atoms with Gasteiger partial charge in [0, 0.05) is 11.3 Å². The number of fused-ring (bicyclic) bond motifs is 2. The minimum absolute atomic E-state index is 0.00626. The van der Waals surface area contributed by atoms with Gasteiger partial charge in [-0.15, -0.1) is 0 Å². The highest BCUT2D eigenvalue weighted by atomic mass is 16.6. The lowest BCUT2D eigenvalue weighted by molar-refractivity contribution is -0.184. The average Bonchev–Trinajstić information content (AvgIpc) is 2.91. The number of carbonyl (C=O) groups is 2. The van der Waals surface area contributed by atoms with E-state index in [1.54, 1.807) is 7.11 Å². The summed E-state index contributed by atoms with van der Waals surface area (Å²) in [7, 11) is 1.64. The van der Waals surface area contributed by atoms with Crippen molar-refractivity contribution in [3.8, 4) is 5.75 Å². The Morgan fingerprint density at radius 1 is 1.14 bits per heavy atom. The van der Waals surface area contributed by atoms with E-state index in [9.17, 15) is 9.59 Å². The molecule has 3 atom stereocenters. The number of carbonyl (C=O) groups excluding carboxylic acids is 2. The molecule has 2 bridgehead atoms. The van der Waals surface area contributed by atoms with Crippen LogP contribution in [0.2, 0.25) is 0 Å². The van der Waals surface area contributed by atoms with Crippen molar-refractivity contribution in [3.63, 3.8) is 0 Å². The molecule has 5 nitrogen and oxygen atoms in total. The van der Waals surface area contributed by atoms with Gasteiger partial charge in [-0.1, -0.05) is 46.8 Å². The van der Waals surface area contributed by atoms with Crippen molar-refractivity contribution in [2.24, 2.45) is 16.2 Å². The van der Waals surface area contributed by atoms with Crippen LogP contribution in [0.15, 0.2) is 24.3 Å². The van der Waals surface area contributed by atoms with Gasteiger partial charge < -0.3 is 14.2 Å². The van der Waals surface area contributed by atoms with Crippen LogP contribution < -0.4 is 4.74 Å². The number of hydrogen-bond acceptors (Lipinski definition) is 5. The highest BCUT2D eigenvalue weighted by molar-refractivity contribution is 5.93. The van der Waals surface area contributed by atoms with Gasteiger partial charge in [0.1, 0.15) is 5.75 Å². The van der Waals surface area contributed by atoms with E-state index in [1.807, 2.05) is 45.0 Å². The minimum Gasteiger partial charge on any atom is -0.497 e. The molecule has 1 aromatic carbocycles. The fourth-order valence-corrected chi connectivity index (χ4v) is 4.66. The minimum atomic E-state index is -1.18. The van der Waals surface area contributed by atoms with Crippen LogP contribution in [0, 0.1) is 16.2 Å². The van der Waals surface area contributed by atoms with Crippen molar-refractivity contribution in [2.45, 2.75) is 65.9 Å². The predicted molar refractivity (Wildman–Crippen MR) is 106 cm³/mol. The molecule has 0 amide bonds. The number of esters is 2. The largest absolute Gasteiger partial charge is 0.497 e. The number of benzene rings is 1. The number of hydrogen-bond donors (Lipinski definition) is 0. The van der Waals surface area contributed by atoms with E-state index in [1.165, 1.54) is 0 Å². The Balaban J connectivity index is 1.80. The normalized spacial score (nSPS) is 29.3. The van der Waals surface area contributed by atoms with E-state index in [4.69, 9.17) is 14.2 Å². The zero-order chi connectivity index (χ0) is 21.0. The van der Waals surface area contributed by atoms with Gasteiger partial charge in [0.15, 0.2) is 0 Å². The Morgan fingerprint density at radius 3 is 2.18 bits per heavy atom. The third-order valence-electron chi connectivity index (χ3n) is 7.36. The van der Waals surface area contributed by atoms with Crippen molar-refractivity contribution in [1.29, 1.82) is 0 Å². The fraction of sp³-hybridized carbons (Fsp3) is 0.652. The van der Waals surface area contributed by atoms with Gasteiger partial charge in [0.2, 0.25) is 5.60 Å². The van der Waals surface area contributed by atoms with Gasteiger partial charge >= 0.3 is 11.9 Å². The van der Waals surface area contributed by atoms with Gasteiger partial charge in [-0.25, -0.2) is 4.79 Å². The van der Waals surface area contributed by atoms with E-state index in [0.717, 1.165) is 11.3 Å². The maximum atomic E-state index is 13.2. The molecule has 1 saturated heterocycles. The molecule has 1 aliphatic carbocycles. The monoisotopic (exact) mass is 388 g/mol. The van der Waals surface area contributed by atoms with Crippen LogP contribution in [0.1, 0.15) is 65.9 Å². The van der Waals surface area contributed by atoms with Crippen molar-refractivity contribution in [1.82, 2.24) is 0 Å². The lowest BCUT2D eigenvalue weighted by Gasteiger charge is -2.36. The van der Waals surface area contributed by atoms with Gasteiger partial charge in [0.25, 0.3) is 0 Å². The van der Waals surface area contributed by atoms with Crippen molar-refractivity contribution in [2.75, 3.05) is 13.7 Å². The zero-order valence-electron chi connectivity index (χ0n) is 18.0. The summed E-state index contributed by atoms with van der Waals surface area (Å²) in [6.07, 6.45) is 1.17. The first-order valence-electron chi connectivity index (χ1n) is 9.94. The standard InChI is InChI=1S/C23H32O5/c1-20(2,3)17(15-8-10-16(26-7)11-9-15)14-27-19(25)23-13-12-22(6,18(24)28-23)21(23,4)5/h8-11,17H,12-14H2,1-7H3/t17?,22-,23+/m0/s1. The van der Waals surface area contributed by atoms with Crippen LogP contribution in [-0.4, -0.2) is 31.3 Å². The molecule has 5 heteroatoms. The van der Waals surface area contributed by atoms with Gasteiger partial charge in [-0.2, -0.15) is 0 Å². The zero-order valence-corrected chi connectivity index (χ0v) is 18.0. The first kappa shape index (κ1) is 20.7. The van der Waals surface area contributed by atoms with Crippen LogP contribution in [0.5, 0.6) is 5.75 Å². The molecule has 0 spiro atoms. The molecule has 1 saturated carbocycles. The Kier molecular flexibility index (Phi) is 4.80. The molecular weight excluding hydrogens is 356 g/mol. The number of ether oxygens (including phenoxy) is 3. The fourth-order valence-electron chi connectivity index (χ4n) is 4.66. The molecule has 1 aliphatic heterocycles. The second-order valence-corrected chi connectivity index (χ2v) is 9.96. The first-order valence-corrected chi connectivity index (χ1v) is 9.94. The van der Waals surface area contributed by atoms with Crippen molar-refractivity contribution < 1.29 is 23.8 Å². The second kappa shape index (κ2) is 6.50. The highest BCUT2D eigenvalue weighted by Crippen LogP contribution is 2.65. The first-order chi connectivity index (χ1) is 12.9. The molecule has 2 fully saturated rings. The molecule has 0 radical (unpaired) electrons. The van der Waals surface area contributed by atoms with Gasteiger partial charge in [0.05, 0.1) is 19.1 Å². The van der Waals surface area contributed by atoms with E-state index in [0.29, 0.717) is 12.8 Å². The van der Waals surface area contributed by atoms with Crippen LogP contribution >= 0.6 is 0 Å². The second-order valence-electron chi connectivity index (χ2n) is 9.96. The maximum absolute atomic E-state index is 13.2. The molecule has 3 rings (SSSR count). The van der Waals surface area contributed by atoms with Crippen LogP contribution in [0.4, 0.5) is 0 Å². The maximum Gasteiger partial charge on any atom is 0.351 e. The van der Waals surface area contributed by atoms with E-state index < -0.39 is 22.4 Å². The van der Waals surface area contributed by atoms with Crippen LogP contribution in [0.3, 0.4) is 0 Å². The number of methoxy groups -OCH3 is 1. The predicted octanol–water partition coefficient (Wildman–Crippen LogP) is 4.49. The Labute approximate surface area is 167 Å².